The Labute approximate surface area is 235 Å². The zero-order chi connectivity index (χ0) is 32.1. The summed E-state index contributed by atoms with van der Waals surface area (Å²) in [5, 5.41) is 0. The van der Waals surface area contributed by atoms with Gasteiger partial charge in [-0.05, 0) is 39.4 Å². The first-order chi connectivity index (χ1) is 18.8. The van der Waals surface area contributed by atoms with Gasteiger partial charge in [-0.2, -0.15) is 43.9 Å². The van der Waals surface area contributed by atoms with Crippen molar-refractivity contribution in [3.05, 3.63) is 58.4 Å². The molecule has 2 aliphatic rings. The molecule has 0 amide bonds. The fraction of sp³-hybridized carbons (Fsp3) is 0.571. The van der Waals surface area contributed by atoms with Crippen molar-refractivity contribution in [2.45, 2.75) is 89.4 Å². The maximum atomic E-state index is 14.1. The van der Waals surface area contributed by atoms with Crippen LogP contribution in [0.2, 0.25) is 0 Å². The number of hydrogen-bond acceptors (Lipinski definition) is 4. The molecule has 1 aromatic carbocycles. The van der Waals surface area contributed by atoms with Crippen LogP contribution in [-0.2, 0) is 22.7 Å². The van der Waals surface area contributed by atoms with E-state index in [0.717, 1.165) is 17.3 Å². The van der Waals surface area contributed by atoms with Crippen LogP contribution in [-0.4, -0.2) is 33.5 Å². The van der Waals surface area contributed by atoms with E-state index in [1.807, 2.05) is 18.2 Å². The van der Waals surface area contributed by atoms with E-state index in [1.165, 1.54) is 13.0 Å². The number of fused-ring (bicyclic) bond motifs is 1. The average molecular weight is 611 g/mol. The van der Waals surface area contributed by atoms with Crippen molar-refractivity contribution < 1.29 is 43.9 Å². The number of benzene rings is 1. The molecule has 0 bridgehead atoms. The molecule has 1 aromatic heterocycles. The molecule has 1 aliphatic heterocycles. The third-order valence-corrected chi connectivity index (χ3v) is 9.37. The minimum Gasteiger partial charge on any atom is -0.260 e. The Balaban J connectivity index is 1.78. The van der Waals surface area contributed by atoms with E-state index in [0.29, 0.717) is 11.3 Å². The Kier molecular flexibility index (Phi) is 6.99. The summed E-state index contributed by atoms with van der Waals surface area (Å²) in [5.41, 5.74) is 2.65. The molecule has 42 heavy (non-hydrogen) atoms. The van der Waals surface area contributed by atoms with E-state index < -0.39 is 53.5 Å². The zero-order valence-electron chi connectivity index (χ0n) is 23.6. The summed E-state index contributed by atoms with van der Waals surface area (Å²) in [6, 6.07) is 5.74. The molecular weight excluding hydrogens is 582 g/mol. The van der Waals surface area contributed by atoms with Gasteiger partial charge in [0, 0.05) is 11.8 Å². The van der Waals surface area contributed by atoms with E-state index in [9.17, 15) is 43.9 Å². The Morgan fingerprint density at radius 1 is 0.667 bits per heavy atom. The molecular formula is C28H28F10N4. The van der Waals surface area contributed by atoms with Crippen molar-refractivity contribution in [2.75, 3.05) is 0 Å². The first-order valence-electron chi connectivity index (χ1n) is 12.9. The zero-order valence-corrected chi connectivity index (χ0v) is 23.6. The number of aliphatic imine (C=N–C) groups is 1. The number of halogens is 10. The van der Waals surface area contributed by atoms with E-state index in [1.54, 1.807) is 0 Å². The molecule has 0 saturated heterocycles. The van der Waals surface area contributed by atoms with Gasteiger partial charge in [0.05, 0.1) is 11.6 Å². The second-order valence-electron chi connectivity index (χ2n) is 12.3. The van der Waals surface area contributed by atoms with Crippen molar-refractivity contribution in [1.29, 1.82) is 0 Å². The van der Waals surface area contributed by atoms with Crippen molar-refractivity contribution in [2.24, 2.45) is 16.3 Å². The Morgan fingerprint density at radius 3 is 1.60 bits per heavy atom. The van der Waals surface area contributed by atoms with Gasteiger partial charge < -0.3 is 0 Å². The number of nitrogens with zero attached hydrogens (tertiary/aromatic N) is 4. The van der Waals surface area contributed by atoms with Crippen LogP contribution in [0.3, 0.4) is 0 Å². The third-order valence-electron chi connectivity index (χ3n) is 9.37. The molecule has 14 heteroatoms. The van der Waals surface area contributed by atoms with Gasteiger partial charge in [0.2, 0.25) is 11.6 Å². The van der Waals surface area contributed by atoms with Gasteiger partial charge in [-0.15, -0.1) is 0 Å². The molecule has 0 spiro atoms. The first kappa shape index (κ1) is 31.9. The minimum absolute atomic E-state index is 0.144. The molecule has 0 saturated carbocycles. The number of allylic oxidation sites excluding steroid dienone is 1. The summed E-state index contributed by atoms with van der Waals surface area (Å²) in [6.07, 6.45) is -10.2. The third kappa shape index (κ3) is 4.50. The molecule has 4 nitrogen and oxygen atoms in total. The second kappa shape index (κ2) is 9.22. The van der Waals surface area contributed by atoms with E-state index in [-0.39, 0.29) is 16.2 Å². The standard InChI is InChI=1S/C28H28F10N4/c1-13-10-18(14-8-9-16-17(11-14)23(4,5)24(6,7)22(16,2)3)39-12-15(13)19-40-20(25(29,30)27(33,34)35)42-21(41-19)26(31,32)28(36,37)38/h8-13,15H,1-7H3. The smallest absolute Gasteiger partial charge is 0.260 e. The Hall–Kier alpha value is -3.06. The lowest BCUT2D eigenvalue weighted by atomic mass is 9.59. The molecule has 2 aromatic rings. The molecule has 2 atom stereocenters. The highest BCUT2D eigenvalue weighted by Gasteiger charge is 2.65. The van der Waals surface area contributed by atoms with Gasteiger partial charge in [0.15, 0.2) is 0 Å². The van der Waals surface area contributed by atoms with E-state index in [2.05, 4.69) is 61.5 Å². The topological polar surface area (TPSA) is 51.0 Å². The Morgan fingerprint density at radius 2 is 1.14 bits per heavy atom. The van der Waals surface area contributed by atoms with Crippen molar-refractivity contribution in [1.82, 2.24) is 15.0 Å². The summed E-state index contributed by atoms with van der Waals surface area (Å²) in [5.74, 6) is -20.4. The summed E-state index contributed by atoms with van der Waals surface area (Å²) < 4.78 is 134. The summed E-state index contributed by atoms with van der Waals surface area (Å²) >= 11 is 0. The van der Waals surface area contributed by atoms with Crippen molar-refractivity contribution in [3.63, 3.8) is 0 Å². The van der Waals surface area contributed by atoms with Crippen LogP contribution in [0, 0.1) is 11.3 Å². The highest BCUT2D eigenvalue weighted by Crippen LogP contribution is 2.61. The van der Waals surface area contributed by atoms with Crippen LogP contribution in [0.5, 0.6) is 0 Å². The van der Waals surface area contributed by atoms with Crippen LogP contribution in [0.25, 0.3) is 5.70 Å². The number of alkyl halides is 10. The van der Waals surface area contributed by atoms with Crippen LogP contribution in [0.4, 0.5) is 43.9 Å². The van der Waals surface area contributed by atoms with E-state index >= 15 is 0 Å². The summed E-state index contributed by atoms with van der Waals surface area (Å²) in [7, 11) is 0. The lowest BCUT2D eigenvalue weighted by molar-refractivity contribution is -0.297. The lowest BCUT2D eigenvalue weighted by Gasteiger charge is -2.44. The number of aromatic nitrogens is 3. The predicted molar refractivity (Wildman–Crippen MR) is 134 cm³/mol. The van der Waals surface area contributed by atoms with Crippen LogP contribution in [0.15, 0.2) is 29.3 Å². The molecule has 2 unspecified atom stereocenters. The van der Waals surface area contributed by atoms with Crippen LogP contribution < -0.4 is 0 Å². The molecule has 1 aliphatic carbocycles. The quantitative estimate of drug-likeness (QED) is 0.326. The van der Waals surface area contributed by atoms with Crippen LogP contribution >= 0.6 is 0 Å². The maximum Gasteiger partial charge on any atom is 0.461 e. The minimum atomic E-state index is -6.37. The van der Waals surface area contributed by atoms with Crippen molar-refractivity contribution >= 4 is 11.9 Å². The monoisotopic (exact) mass is 610 g/mol. The summed E-state index contributed by atoms with van der Waals surface area (Å²) in [4.78, 5) is 12.5. The summed E-state index contributed by atoms with van der Waals surface area (Å²) in [6.45, 7) is 14.3. The van der Waals surface area contributed by atoms with E-state index in [4.69, 9.17) is 0 Å². The number of hydrogen-bond donors (Lipinski definition) is 0. The van der Waals surface area contributed by atoms with Crippen LogP contribution in [0.1, 0.15) is 88.5 Å². The fourth-order valence-electron chi connectivity index (χ4n) is 5.46. The van der Waals surface area contributed by atoms with Crippen molar-refractivity contribution in [3.8, 4) is 0 Å². The molecule has 4 rings (SSSR count). The van der Waals surface area contributed by atoms with Gasteiger partial charge in [-0.3, -0.25) is 4.99 Å². The first-order valence-corrected chi connectivity index (χ1v) is 12.9. The predicted octanol–water partition coefficient (Wildman–Crippen LogP) is 8.62. The van der Waals surface area contributed by atoms with Gasteiger partial charge in [-0.1, -0.05) is 66.7 Å². The lowest BCUT2D eigenvalue weighted by Crippen LogP contribution is -2.42. The average Bonchev–Trinajstić information content (AvgIpc) is 2.96. The maximum absolute atomic E-state index is 14.1. The number of rotatable bonds is 4. The highest BCUT2D eigenvalue weighted by molar-refractivity contribution is 5.81. The van der Waals surface area contributed by atoms with Gasteiger partial charge in [0.25, 0.3) is 0 Å². The molecule has 0 fully saturated rings. The highest BCUT2D eigenvalue weighted by atomic mass is 19.4. The second-order valence-corrected chi connectivity index (χ2v) is 12.3. The van der Waals surface area contributed by atoms with Gasteiger partial charge in [-0.25, -0.2) is 15.0 Å². The van der Waals surface area contributed by atoms with Gasteiger partial charge in [0.1, 0.15) is 5.82 Å². The molecule has 0 radical (unpaired) electrons. The molecule has 2 heterocycles. The van der Waals surface area contributed by atoms with Gasteiger partial charge >= 0.3 is 24.2 Å². The largest absolute Gasteiger partial charge is 0.461 e. The normalized spacial score (nSPS) is 23.5. The Bertz CT molecular complexity index is 1420. The SMILES string of the molecule is CC1C=C(c2ccc3c(c2)C(C)(C)C(C)(C)C3(C)C)N=CC1c1nc(C(F)(F)C(F)(F)F)nc(C(F)(F)C(F)(F)F)n1. The molecule has 230 valence electrons. The fourth-order valence-corrected chi connectivity index (χ4v) is 5.46. The molecule has 0 N–H and O–H groups in total.